The number of hydrogen-bond acceptors (Lipinski definition) is 3. The first-order valence-electron chi connectivity index (χ1n) is 10.8. The molecule has 0 saturated heterocycles. The lowest BCUT2D eigenvalue weighted by atomic mass is 9.78. The Balaban J connectivity index is 2.37. The quantitative estimate of drug-likeness (QED) is 0.244. The van der Waals surface area contributed by atoms with Gasteiger partial charge in [-0.05, 0) is 55.7 Å². The lowest BCUT2D eigenvalue weighted by Crippen LogP contribution is -2.18. The molecule has 0 aromatic heterocycles. The highest BCUT2D eigenvalue weighted by Crippen LogP contribution is 2.48. The molecule has 3 nitrogen and oxygen atoms in total. The van der Waals surface area contributed by atoms with Crippen molar-refractivity contribution in [3.05, 3.63) is 34.9 Å². The first-order valence-corrected chi connectivity index (χ1v) is 12.4. The Hall–Kier alpha value is -1.05. The number of unbranched alkanes of at least 4 members (excludes halogenated alkanes) is 3. The van der Waals surface area contributed by atoms with Crippen molar-refractivity contribution < 1.29 is 14.2 Å². The molecular weight excluding hydrogens is 367 g/mol. The molecule has 0 spiro atoms. The standard InChI is InChI=1S/C24H39O3P/c1-7-8-9-10-14-24(3,4)20-16-21(25)23(19-13-11-12-18(2)15-19)22(17-20)27-28(6)26-5/h15-17,19,25H,7-14H2,1-6H3. The fraction of sp³-hybridized carbons (Fsp3) is 0.667. The van der Waals surface area contributed by atoms with Crippen LogP contribution < -0.4 is 4.52 Å². The molecule has 1 aliphatic rings. The molecule has 0 radical (unpaired) electrons. The van der Waals surface area contributed by atoms with Crippen LogP contribution in [0.5, 0.6) is 11.5 Å². The number of hydrogen-bond donors (Lipinski definition) is 1. The summed E-state index contributed by atoms with van der Waals surface area (Å²) in [5, 5.41) is 11.0. The monoisotopic (exact) mass is 406 g/mol. The van der Waals surface area contributed by atoms with Crippen LogP contribution in [0.3, 0.4) is 0 Å². The van der Waals surface area contributed by atoms with Gasteiger partial charge in [0.2, 0.25) is 8.38 Å². The first kappa shape index (κ1) is 23.2. The van der Waals surface area contributed by atoms with E-state index in [4.69, 9.17) is 9.05 Å². The SMILES string of the molecule is CCCCCCC(C)(C)c1cc(O)c(C2C=C(C)CCC2)c(OP(C)OC)c1. The summed E-state index contributed by atoms with van der Waals surface area (Å²) >= 11 is 0. The molecular formula is C24H39O3P. The normalized spacial score (nSPS) is 18.6. The third-order valence-corrected chi connectivity index (χ3v) is 6.95. The average molecular weight is 407 g/mol. The topological polar surface area (TPSA) is 38.7 Å². The van der Waals surface area contributed by atoms with Crippen molar-refractivity contribution in [2.45, 2.75) is 90.4 Å². The van der Waals surface area contributed by atoms with Crippen molar-refractivity contribution in [2.75, 3.05) is 13.8 Å². The van der Waals surface area contributed by atoms with E-state index in [1.54, 1.807) is 7.11 Å². The smallest absolute Gasteiger partial charge is 0.226 e. The average Bonchev–Trinajstić information content (AvgIpc) is 2.64. The van der Waals surface area contributed by atoms with E-state index in [2.05, 4.69) is 39.8 Å². The van der Waals surface area contributed by atoms with Crippen molar-refractivity contribution in [3.8, 4) is 11.5 Å². The summed E-state index contributed by atoms with van der Waals surface area (Å²) in [6.07, 6.45) is 11.8. The number of allylic oxidation sites excluding steroid dienone is 2. The van der Waals surface area contributed by atoms with Gasteiger partial charge in [0, 0.05) is 25.3 Å². The highest BCUT2D eigenvalue weighted by Gasteiger charge is 2.28. The maximum Gasteiger partial charge on any atom is 0.226 e. The summed E-state index contributed by atoms with van der Waals surface area (Å²) in [6.45, 7) is 10.9. The maximum absolute atomic E-state index is 11.0. The molecule has 2 unspecified atom stereocenters. The molecule has 0 saturated carbocycles. The van der Waals surface area contributed by atoms with Gasteiger partial charge in [-0.2, -0.15) is 0 Å². The molecule has 2 rings (SSSR count). The van der Waals surface area contributed by atoms with Gasteiger partial charge in [0.05, 0.1) is 0 Å². The summed E-state index contributed by atoms with van der Waals surface area (Å²) < 4.78 is 11.6. The second kappa shape index (κ2) is 10.6. The number of aromatic hydroxyl groups is 1. The Morgan fingerprint density at radius 2 is 1.96 bits per heavy atom. The van der Waals surface area contributed by atoms with E-state index in [1.165, 1.54) is 31.3 Å². The molecule has 1 aromatic carbocycles. The van der Waals surface area contributed by atoms with E-state index in [-0.39, 0.29) is 11.3 Å². The first-order chi connectivity index (χ1) is 13.3. The van der Waals surface area contributed by atoms with Crippen LogP contribution in [0.2, 0.25) is 0 Å². The van der Waals surface area contributed by atoms with E-state index in [1.807, 2.05) is 12.7 Å². The maximum atomic E-state index is 11.0. The van der Waals surface area contributed by atoms with E-state index in [0.717, 1.165) is 42.6 Å². The van der Waals surface area contributed by atoms with Crippen LogP contribution in [0, 0.1) is 0 Å². The van der Waals surface area contributed by atoms with Crippen molar-refractivity contribution in [2.24, 2.45) is 0 Å². The predicted octanol–water partition coefficient (Wildman–Crippen LogP) is 7.82. The number of phenolic OH excluding ortho intramolecular Hbond substituents is 1. The Bertz CT molecular complexity index is 666. The molecule has 0 aliphatic heterocycles. The van der Waals surface area contributed by atoms with Crippen LogP contribution >= 0.6 is 8.38 Å². The number of phenols is 1. The Kier molecular flexibility index (Phi) is 8.83. The molecule has 158 valence electrons. The summed E-state index contributed by atoms with van der Waals surface area (Å²) in [5.74, 6) is 1.37. The van der Waals surface area contributed by atoms with Crippen LogP contribution in [-0.4, -0.2) is 18.9 Å². The largest absolute Gasteiger partial charge is 0.507 e. The summed E-state index contributed by atoms with van der Waals surface area (Å²) in [7, 11) is 0.667. The lowest BCUT2D eigenvalue weighted by molar-refractivity contribution is 0.391. The molecule has 28 heavy (non-hydrogen) atoms. The lowest BCUT2D eigenvalue weighted by Gasteiger charge is -2.29. The molecule has 1 aliphatic carbocycles. The Labute approximate surface area is 173 Å². The molecule has 0 heterocycles. The summed E-state index contributed by atoms with van der Waals surface area (Å²) in [4.78, 5) is 0. The van der Waals surface area contributed by atoms with E-state index >= 15 is 0 Å². The Morgan fingerprint density at radius 3 is 2.61 bits per heavy atom. The fourth-order valence-corrected chi connectivity index (χ4v) is 4.61. The molecule has 2 atom stereocenters. The van der Waals surface area contributed by atoms with Crippen molar-refractivity contribution in [1.29, 1.82) is 0 Å². The van der Waals surface area contributed by atoms with Gasteiger partial charge in [0.25, 0.3) is 0 Å². The van der Waals surface area contributed by atoms with Crippen molar-refractivity contribution in [1.82, 2.24) is 0 Å². The molecule has 4 heteroatoms. The number of benzene rings is 1. The zero-order chi connectivity index (χ0) is 20.7. The van der Waals surface area contributed by atoms with E-state index in [0.29, 0.717) is 5.75 Å². The van der Waals surface area contributed by atoms with Gasteiger partial charge in [-0.3, -0.25) is 0 Å². The number of rotatable bonds is 10. The van der Waals surface area contributed by atoms with Gasteiger partial charge in [0.15, 0.2) is 0 Å². The third kappa shape index (κ3) is 6.22. The molecule has 0 amide bonds. The van der Waals surface area contributed by atoms with Crippen molar-refractivity contribution >= 4 is 8.38 Å². The zero-order valence-electron chi connectivity index (χ0n) is 18.7. The molecule has 1 aromatic rings. The van der Waals surface area contributed by atoms with Crippen LogP contribution in [0.4, 0.5) is 0 Å². The summed E-state index contributed by atoms with van der Waals surface area (Å²) in [6, 6.07) is 4.13. The van der Waals surface area contributed by atoms with Crippen molar-refractivity contribution in [3.63, 3.8) is 0 Å². The zero-order valence-corrected chi connectivity index (χ0v) is 19.6. The van der Waals surface area contributed by atoms with Crippen LogP contribution in [-0.2, 0) is 9.94 Å². The minimum atomic E-state index is -1.01. The predicted molar refractivity (Wildman–Crippen MR) is 121 cm³/mol. The third-order valence-electron chi connectivity index (χ3n) is 5.98. The molecule has 0 bridgehead atoms. The highest BCUT2D eigenvalue weighted by atomic mass is 31.2. The van der Waals surface area contributed by atoms with Gasteiger partial charge in [0.1, 0.15) is 11.5 Å². The Morgan fingerprint density at radius 1 is 1.21 bits per heavy atom. The molecule has 0 fully saturated rings. The van der Waals surface area contributed by atoms with Gasteiger partial charge >= 0.3 is 0 Å². The summed E-state index contributed by atoms with van der Waals surface area (Å²) in [5.41, 5.74) is 3.48. The van der Waals surface area contributed by atoms with Gasteiger partial charge in [-0.15, -0.1) is 0 Å². The molecule has 1 N–H and O–H groups in total. The van der Waals surface area contributed by atoms with E-state index < -0.39 is 8.38 Å². The van der Waals surface area contributed by atoms with Crippen LogP contribution in [0.25, 0.3) is 0 Å². The highest BCUT2D eigenvalue weighted by molar-refractivity contribution is 7.46. The van der Waals surface area contributed by atoms with Gasteiger partial charge < -0.3 is 14.2 Å². The second-order valence-electron chi connectivity index (χ2n) is 8.83. The minimum Gasteiger partial charge on any atom is -0.507 e. The van der Waals surface area contributed by atoms with Gasteiger partial charge in [-0.1, -0.05) is 58.1 Å². The van der Waals surface area contributed by atoms with Crippen LogP contribution in [0.15, 0.2) is 23.8 Å². The fourth-order valence-electron chi connectivity index (χ4n) is 4.10. The second-order valence-corrected chi connectivity index (χ2v) is 10.3. The van der Waals surface area contributed by atoms with Crippen LogP contribution in [0.1, 0.15) is 96.1 Å². The minimum absolute atomic E-state index is 0.00372. The van der Waals surface area contributed by atoms with E-state index in [9.17, 15) is 5.11 Å². The van der Waals surface area contributed by atoms with Gasteiger partial charge in [-0.25, -0.2) is 0 Å².